The molecule has 3 nitrogen and oxygen atoms in total. The minimum atomic E-state index is -0.230. The second-order valence-corrected chi connectivity index (χ2v) is 1.00. The summed E-state index contributed by atoms with van der Waals surface area (Å²) in [6, 6.07) is 0. The minimum absolute atomic E-state index is 0.230. The largest absolute Gasteiger partial charge is 0.344 e. The molecule has 0 saturated heterocycles. The van der Waals surface area contributed by atoms with E-state index in [0.717, 1.165) is 6.54 Å². The van der Waals surface area contributed by atoms with E-state index in [1.165, 1.54) is 6.92 Å². The van der Waals surface area contributed by atoms with Crippen molar-refractivity contribution in [1.29, 1.82) is 0 Å². The molecule has 0 bridgehead atoms. The Morgan fingerprint density at radius 2 is 2.29 bits per heavy atom. The number of carbonyl (C=O) groups is 2. The third kappa shape index (κ3) is 5.14. The second kappa shape index (κ2) is 3.33. The Kier molecular flexibility index (Phi) is 2.92. The quantitative estimate of drug-likeness (QED) is 0.475. The monoisotopic (exact) mass is 100 g/mol. The highest BCUT2D eigenvalue weighted by molar-refractivity contribution is 5.78. The summed E-state index contributed by atoms with van der Waals surface area (Å²) in [5.41, 5.74) is 0. The van der Waals surface area contributed by atoms with Gasteiger partial charge in [-0.1, -0.05) is 0 Å². The summed E-state index contributed by atoms with van der Waals surface area (Å²) in [5, 5.41) is 2.16. The van der Waals surface area contributed by atoms with E-state index in [9.17, 15) is 9.59 Å². The molecule has 0 fully saturated rings. The van der Waals surface area contributed by atoms with Crippen LogP contribution in [0.15, 0.2) is 0 Å². The van der Waals surface area contributed by atoms with Gasteiger partial charge in [-0.3, -0.25) is 4.79 Å². The summed E-state index contributed by atoms with van der Waals surface area (Å²) in [4.78, 5) is 19.3. The van der Waals surface area contributed by atoms with Crippen LogP contribution in [0.25, 0.3) is 0 Å². The highest BCUT2D eigenvalue weighted by Gasteiger charge is 1.84. The molecule has 0 aromatic heterocycles. The minimum Gasteiger partial charge on any atom is -0.344 e. The normalized spacial score (nSPS) is 7.57. The van der Waals surface area contributed by atoms with Gasteiger partial charge in [-0.05, 0) is 0 Å². The van der Waals surface area contributed by atoms with Crippen molar-refractivity contribution >= 4 is 12.2 Å². The van der Waals surface area contributed by atoms with Crippen molar-refractivity contribution in [2.24, 2.45) is 0 Å². The van der Waals surface area contributed by atoms with E-state index in [4.69, 9.17) is 0 Å². The van der Waals surface area contributed by atoms with Gasteiger partial charge in [-0.2, -0.15) is 0 Å². The van der Waals surface area contributed by atoms with Gasteiger partial charge in [0.05, 0.1) is 0 Å². The van der Waals surface area contributed by atoms with Gasteiger partial charge in [-0.25, -0.2) is 0 Å². The van der Waals surface area contributed by atoms with Crippen LogP contribution in [-0.4, -0.2) is 12.2 Å². The van der Waals surface area contributed by atoms with E-state index < -0.39 is 0 Å². The van der Waals surface area contributed by atoms with Gasteiger partial charge in [0.25, 0.3) is 0 Å². The van der Waals surface area contributed by atoms with Crippen LogP contribution in [0, 0.1) is 6.54 Å². The van der Waals surface area contributed by atoms with E-state index in [1.54, 1.807) is 0 Å². The molecule has 0 aromatic carbocycles. The van der Waals surface area contributed by atoms with Crippen molar-refractivity contribution < 1.29 is 9.59 Å². The van der Waals surface area contributed by atoms with Crippen molar-refractivity contribution in [3.05, 3.63) is 6.54 Å². The molecule has 0 aliphatic heterocycles. The fourth-order valence-electron chi connectivity index (χ4n) is 0.151. The van der Waals surface area contributed by atoms with Crippen LogP contribution in [0.3, 0.4) is 0 Å². The molecule has 1 amide bonds. The average Bonchev–Trinajstić information content (AvgIpc) is 1.61. The first-order valence-corrected chi connectivity index (χ1v) is 1.81. The van der Waals surface area contributed by atoms with Gasteiger partial charge in [0.1, 0.15) is 12.8 Å². The number of hydrogen-bond donors (Lipinski definition) is 1. The van der Waals surface area contributed by atoms with Crippen molar-refractivity contribution in [3.8, 4) is 0 Å². The summed E-state index contributed by atoms with van der Waals surface area (Å²) in [6.45, 7) is 2.38. The first kappa shape index (κ1) is 6.14. The lowest BCUT2D eigenvalue weighted by atomic mass is 10.6. The van der Waals surface area contributed by atoms with E-state index in [-0.39, 0.29) is 5.91 Å². The smallest absolute Gasteiger partial charge is 0.217 e. The number of nitrogens with one attached hydrogen (secondary N) is 1. The molecule has 7 heavy (non-hydrogen) atoms. The number of amides is 1. The van der Waals surface area contributed by atoms with Crippen LogP contribution in [-0.2, 0) is 9.59 Å². The van der Waals surface area contributed by atoms with Crippen LogP contribution in [0.1, 0.15) is 6.92 Å². The molecule has 0 aliphatic rings. The zero-order valence-electron chi connectivity index (χ0n) is 3.97. The molecular weight excluding hydrogens is 94.0 g/mol. The Morgan fingerprint density at radius 1 is 1.71 bits per heavy atom. The molecule has 3 heteroatoms. The van der Waals surface area contributed by atoms with Crippen molar-refractivity contribution in [1.82, 2.24) is 5.32 Å². The Morgan fingerprint density at radius 3 is 2.43 bits per heavy atom. The SMILES string of the molecule is CC(=O)N[CH]C=O. The molecule has 0 spiro atoms. The van der Waals surface area contributed by atoms with Gasteiger partial charge >= 0.3 is 0 Å². The predicted octanol–water partition coefficient (Wildman–Crippen LogP) is -0.517. The number of rotatable bonds is 2. The molecule has 0 saturated carbocycles. The topological polar surface area (TPSA) is 46.2 Å². The van der Waals surface area contributed by atoms with E-state index in [0.29, 0.717) is 6.29 Å². The molecule has 0 rings (SSSR count). The van der Waals surface area contributed by atoms with Gasteiger partial charge in [0.2, 0.25) is 5.91 Å². The molecular formula is C4H6NO2. The zero-order valence-corrected chi connectivity index (χ0v) is 3.97. The number of hydrogen-bond acceptors (Lipinski definition) is 2. The van der Waals surface area contributed by atoms with E-state index in [2.05, 4.69) is 5.32 Å². The first-order chi connectivity index (χ1) is 3.27. The summed E-state index contributed by atoms with van der Waals surface area (Å²) in [7, 11) is 0. The fourth-order valence-corrected chi connectivity index (χ4v) is 0.151. The lowest BCUT2D eigenvalue weighted by Crippen LogP contribution is -2.16. The zero-order chi connectivity index (χ0) is 5.70. The summed E-state index contributed by atoms with van der Waals surface area (Å²) < 4.78 is 0. The molecule has 1 radical (unpaired) electrons. The summed E-state index contributed by atoms with van der Waals surface area (Å²) in [5.74, 6) is -0.230. The van der Waals surface area contributed by atoms with Crippen molar-refractivity contribution in [2.75, 3.05) is 0 Å². The number of carbonyl (C=O) groups excluding carboxylic acids is 2. The average molecular weight is 100 g/mol. The maximum Gasteiger partial charge on any atom is 0.217 e. The fraction of sp³-hybridized carbons (Fsp3) is 0.250. The van der Waals surface area contributed by atoms with Gasteiger partial charge in [0.15, 0.2) is 0 Å². The van der Waals surface area contributed by atoms with Crippen LogP contribution in [0.4, 0.5) is 0 Å². The summed E-state index contributed by atoms with van der Waals surface area (Å²) >= 11 is 0. The van der Waals surface area contributed by atoms with Gasteiger partial charge < -0.3 is 10.1 Å². The van der Waals surface area contributed by atoms with Crippen LogP contribution < -0.4 is 5.32 Å². The highest BCUT2D eigenvalue weighted by Crippen LogP contribution is 1.59. The van der Waals surface area contributed by atoms with Crippen LogP contribution >= 0.6 is 0 Å². The standard InChI is InChI=1S/C4H6NO2/c1-4(7)5-2-3-6/h2-3H,1H3,(H,5,7). The third-order valence-electron chi connectivity index (χ3n) is 0.355. The lowest BCUT2D eigenvalue weighted by Gasteiger charge is -1.87. The Bertz CT molecular complexity index is 79.8. The molecule has 0 atom stereocenters. The molecule has 0 aromatic rings. The third-order valence-corrected chi connectivity index (χ3v) is 0.355. The van der Waals surface area contributed by atoms with Crippen LogP contribution in [0.5, 0.6) is 0 Å². The van der Waals surface area contributed by atoms with Crippen molar-refractivity contribution in [3.63, 3.8) is 0 Å². The Labute approximate surface area is 41.7 Å². The first-order valence-electron chi connectivity index (χ1n) is 1.81. The summed E-state index contributed by atoms with van der Waals surface area (Å²) in [6.07, 6.45) is 0.515. The Balaban J connectivity index is 2.97. The van der Waals surface area contributed by atoms with Crippen molar-refractivity contribution in [2.45, 2.75) is 6.92 Å². The molecule has 39 valence electrons. The van der Waals surface area contributed by atoms with Gasteiger partial charge in [0, 0.05) is 6.92 Å². The highest BCUT2D eigenvalue weighted by atomic mass is 16.1. The van der Waals surface area contributed by atoms with Crippen LogP contribution in [0.2, 0.25) is 0 Å². The molecule has 0 aliphatic carbocycles. The van der Waals surface area contributed by atoms with E-state index in [1.807, 2.05) is 0 Å². The molecule has 0 unspecified atom stereocenters. The maximum absolute atomic E-state index is 9.90. The number of aldehydes is 1. The predicted molar refractivity (Wildman–Crippen MR) is 24.2 cm³/mol. The lowest BCUT2D eigenvalue weighted by molar-refractivity contribution is -0.119. The van der Waals surface area contributed by atoms with Gasteiger partial charge in [-0.15, -0.1) is 0 Å². The molecule has 0 heterocycles. The maximum atomic E-state index is 9.90. The van der Waals surface area contributed by atoms with E-state index >= 15 is 0 Å². The molecule has 1 N–H and O–H groups in total. The second-order valence-electron chi connectivity index (χ2n) is 1.00. The Hall–Kier alpha value is -0.860.